The predicted octanol–water partition coefficient (Wildman–Crippen LogP) is 5.69. The average molecular weight is 262 g/mol. The highest BCUT2D eigenvalue weighted by Gasteiger charge is 2.00. The van der Waals surface area contributed by atoms with Crippen molar-refractivity contribution >= 4 is 22.1 Å². The van der Waals surface area contributed by atoms with Crippen molar-refractivity contribution in [3.63, 3.8) is 0 Å². The molecule has 0 bridgehead atoms. The number of hydrogen-bond donors (Lipinski definition) is 0. The molecule has 0 aliphatic carbocycles. The summed E-state index contributed by atoms with van der Waals surface area (Å²) in [5.74, 6) is 0. The maximum Gasteiger partial charge on any atom is -0.00875 e. The van der Waals surface area contributed by atoms with Crippen molar-refractivity contribution in [2.45, 2.75) is 0 Å². The summed E-state index contributed by atoms with van der Waals surface area (Å²) in [5, 5.41) is 6.78. The minimum Gasteiger partial charge on any atom is -0.152 e. The summed E-state index contributed by atoms with van der Waals surface area (Å²) in [6.45, 7) is 0. The Morgan fingerprint density at radius 2 is 1.42 bits per heavy atom. The van der Waals surface area contributed by atoms with Gasteiger partial charge in [0.05, 0.1) is 0 Å². The van der Waals surface area contributed by atoms with Crippen LogP contribution >= 0.6 is 11.3 Å². The summed E-state index contributed by atoms with van der Waals surface area (Å²) >= 11 is 1.69. The molecule has 0 saturated heterocycles. The molecule has 19 heavy (non-hydrogen) atoms. The smallest absolute Gasteiger partial charge is 0.00875 e. The quantitative estimate of drug-likeness (QED) is 0.528. The van der Waals surface area contributed by atoms with E-state index in [0.29, 0.717) is 0 Å². The van der Waals surface area contributed by atoms with Crippen LogP contribution in [-0.2, 0) is 0 Å². The number of fused-ring (bicyclic) bond motifs is 1. The Hall–Kier alpha value is -2.12. The predicted molar refractivity (Wildman–Crippen MR) is 84.9 cm³/mol. The molecule has 92 valence electrons. The SMILES string of the molecule is c1ccsccc(-c2cccc3ccccc23)cc1. The summed E-state index contributed by atoms with van der Waals surface area (Å²) in [4.78, 5) is 0. The molecular weight excluding hydrogens is 248 g/mol. The Labute approximate surface area is 117 Å². The van der Waals surface area contributed by atoms with Crippen LogP contribution in [0.4, 0.5) is 0 Å². The second-order valence-corrected chi connectivity index (χ2v) is 5.12. The van der Waals surface area contributed by atoms with E-state index in [1.54, 1.807) is 11.3 Å². The molecule has 0 nitrogen and oxygen atoms in total. The molecule has 1 heteroatoms. The first-order valence-electron chi connectivity index (χ1n) is 6.29. The second kappa shape index (κ2) is 5.68. The Bertz CT molecular complexity index is 710. The zero-order chi connectivity index (χ0) is 12.9. The van der Waals surface area contributed by atoms with Gasteiger partial charge in [0, 0.05) is 0 Å². The van der Waals surface area contributed by atoms with Gasteiger partial charge in [-0.05, 0) is 38.7 Å². The molecular formula is C18H14S. The summed E-state index contributed by atoms with van der Waals surface area (Å²) in [6, 6.07) is 25.5. The zero-order valence-electron chi connectivity index (χ0n) is 10.5. The third kappa shape index (κ3) is 2.67. The van der Waals surface area contributed by atoms with Crippen molar-refractivity contribution in [3.8, 4) is 11.1 Å². The molecule has 1 heterocycles. The largest absolute Gasteiger partial charge is 0.152 e. The van der Waals surface area contributed by atoms with Gasteiger partial charge >= 0.3 is 0 Å². The second-order valence-electron chi connectivity index (χ2n) is 4.30. The fraction of sp³-hybridized carbons (Fsp3) is 0. The lowest BCUT2D eigenvalue weighted by molar-refractivity contribution is 1.69. The summed E-state index contributed by atoms with van der Waals surface area (Å²) < 4.78 is 0. The maximum atomic E-state index is 2.18. The first-order chi connectivity index (χ1) is 9.45. The standard InChI is InChI=1S/C18H14S/c1-2-7-16(12-14-19-13-5-1)18-11-6-9-15-8-3-4-10-17(15)18/h1-14H. The van der Waals surface area contributed by atoms with E-state index in [-0.39, 0.29) is 0 Å². The van der Waals surface area contributed by atoms with E-state index in [1.165, 1.54) is 21.9 Å². The van der Waals surface area contributed by atoms with Gasteiger partial charge in [-0.1, -0.05) is 66.7 Å². The van der Waals surface area contributed by atoms with E-state index in [9.17, 15) is 0 Å². The lowest BCUT2D eigenvalue weighted by Gasteiger charge is -2.05. The van der Waals surface area contributed by atoms with Crippen LogP contribution in [0.1, 0.15) is 0 Å². The van der Waals surface area contributed by atoms with Crippen LogP contribution in [0.3, 0.4) is 0 Å². The Balaban J connectivity index is 2.28. The fourth-order valence-electron chi connectivity index (χ4n) is 2.18. The Morgan fingerprint density at radius 1 is 0.579 bits per heavy atom. The summed E-state index contributed by atoms with van der Waals surface area (Å²) in [5.41, 5.74) is 2.52. The van der Waals surface area contributed by atoms with Crippen LogP contribution < -0.4 is 0 Å². The average Bonchev–Trinajstić information content (AvgIpc) is 2.60. The van der Waals surface area contributed by atoms with Gasteiger partial charge in [0.25, 0.3) is 0 Å². The number of hydrogen-bond acceptors (Lipinski definition) is 1. The lowest BCUT2D eigenvalue weighted by atomic mass is 9.99. The molecule has 0 amide bonds. The van der Waals surface area contributed by atoms with Gasteiger partial charge in [0.2, 0.25) is 0 Å². The molecule has 3 rings (SSSR count). The Kier molecular flexibility index (Phi) is 3.57. The monoisotopic (exact) mass is 262 g/mol. The molecule has 0 spiro atoms. The molecule has 0 aliphatic rings. The van der Waals surface area contributed by atoms with Crippen molar-refractivity contribution < 1.29 is 0 Å². The maximum absolute atomic E-state index is 2.18. The molecule has 0 radical (unpaired) electrons. The zero-order valence-corrected chi connectivity index (χ0v) is 11.3. The van der Waals surface area contributed by atoms with E-state index >= 15 is 0 Å². The summed E-state index contributed by atoms with van der Waals surface area (Å²) in [6.07, 6.45) is 0. The number of benzene rings is 2. The van der Waals surface area contributed by atoms with E-state index in [1.807, 2.05) is 0 Å². The summed E-state index contributed by atoms with van der Waals surface area (Å²) in [7, 11) is 0. The van der Waals surface area contributed by atoms with Crippen molar-refractivity contribution in [1.82, 2.24) is 0 Å². The van der Waals surface area contributed by atoms with Gasteiger partial charge in [0.1, 0.15) is 0 Å². The molecule has 0 atom stereocenters. The minimum absolute atomic E-state index is 1.24. The van der Waals surface area contributed by atoms with Gasteiger partial charge < -0.3 is 0 Å². The minimum atomic E-state index is 1.24. The van der Waals surface area contributed by atoms with Crippen LogP contribution in [0.2, 0.25) is 0 Å². The highest BCUT2D eigenvalue weighted by atomic mass is 32.1. The molecule has 1 aromatic heterocycles. The van der Waals surface area contributed by atoms with Crippen LogP contribution in [-0.4, -0.2) is 0 Å². The normalized spacial score (nSPS) is 10.1. The van der Waals surface area contributed by atoms with Crippen LogP contribution in [0, 0.1) is 0 Å². The molecule has 0 N–H and O–H groups in total. The van der Waals surface area contributed by atoms with Crippen molar-refractivity contribution in [2.75, 3.05) is 0 Å². The van der Waals surface area contributed by atoms with E-state index < -0.39 is 0 Å². The third-order valence-corrected chi connectivity index (χ3v) is 3.69. The third-order valence-electron chi connectivity index (χ3n) is 3.08. The van der Waals surface area contributed by atoms with E-state index in [0.717, 1.165) is 0 Å². The van der Waals surface area contributed by atoms with Crippen molar-refractivity contribution in [1.29, 1.82) is 0 Å². The first kappa shape index (κ1) is 11.9. The highest BCUT2D eigenvalue weighted by molar-refractivity contribution is 7.07. The van der Waals surface area contributed by atoms with E-state index in [2.05, 4.69) is 83.6 Å². The van der Waals surface area contributed by atoms with Gasteiger partial charge in [-0.3, -0.25) is 0 Å². The molecule has 0 saturated carbocycles. The Morgan fingerprint density at radius 3 is 2.42 bits per heavy atom. The topological polar surface area (TPSA) is 0 Å². The van der Waals surface area contributed by atoms with Gasteiger partial charge in [0.15, 0.2) is 0 Å². The van der Waals surface area contributed by atoms with Crippen LogP contribution in [0.5, 0.6) is 0 Å². The van der Waals surface area contributed by atoms with Gasteiger partial charge in [-0.25, -0.2) is 0 Å². The fourth-order valence-corrected chi connectivity index (χ4v) is 2.68. The first-order valence-corrected chi connectivity index (χ1v) is 7.23. The van der Waals surface area contributed by atoms with E-state index in [4.69, 9.17) is 0 Å². The molecule has 0 unspecified atom stereocenters. The van der Waals surface area contributed by atoms with Gasteiger partial charge in [-0.2, -0.15) is 11.3 Å². The van der Waals surface area contributed by atoms with Crippen molar-refractivity contribution in [3.05, 3.63) is 83.6 Å². The van der Waals surface area contributed by atoms with Gasteiger partial charge in [-0.15, -0.1) is 0 Å². The van der Waals surface area contributed by atoms with Crippen molar-refractivity contribution in [2.24, 2.45) is 0 Å². The van der Waals surface area contributed by atoms with Crippen LogP contribution in [0.15, 0.2) is 83.6 Å². The van der Waals surface area contributed by atoms with Crippen LogP contribution in [0.25, 0.3) is 21.9 Å². The molecule has 2 aromatic carbocycles. The number of rotatable bonds is 1. The molecule has 3 aromatic rings. The molecule has 0 fully saturated rings. The highest BCUT2D eigenvalue weighted by Crippen LogP contribution is 2.27. The molecule has 0 aliphatic heterocycles. The lowest BCUT2D eigenvalue weighted by Crippen LogP contribution is -1.78.